The fourth-order valence-electron chi connectivity index (χ4n) is 3.79. The van der Waals surface area contributed by atoms with Gasteiger partial charge in [0.25, 0.3) is 0 Å². The highest BCUT2D eigenvalue weighted by Crippen LogP contribution is 2.42. The van der Waals surface area contributed by atoms with Crippen molar-refractivity contribution < 1.29 is 14.6 Å². The molecule has 2 aromatic rings. The van der Waals surface area contributed by atoms with E-state index in [-0.39, 0.29) is 11.6 Å². The summed E-state index contributed by atoms with van der Waals surface area (Å²) in [5.74, 6) is -0.499. The highest BCUT2D eigenvalue weighted by Gasteiger charge is 2.29. The first-order valence-electron chi connectivity index (χ1n) is 9.11. The molecule has 142 valence electrons. The zero-order valence-corrected chi connectivity index (χ0v) is 15.4. The molecule has 1 aromatic carbocycles. The zero-order chi connectivity index (χ0) is 19.6. The molecular weight excluding hydrogens is 346 g/mol. The van der Waals surface area contributed by atoms with E-state index in [4.69, 9.17) is 10.00 Å². The van der Waals surface area contributed by atoms with Crippen LogP contribution in [-0.4, -0.2) is 35.8 Å². The second-order valence-electron chi connectivity index (χ2n) is 6.88. The van der Waals surface area contributed by atoms with Crippen molar-refractivity contribution in [2.75, 3.05) is 25.1 Å². The van der Waals surface area contributed by atoms with E-state index in [0.29, 0.717) is 11.1 Å². The van der Waals surface area contributed by atoms with Crippen LogP contribution >= 0.6 is 0 Å². The fraction of sp³-hybridized carbons (Fsp3) is 0.450. The van der Waals surface area contributed by atoms with Crippen molar-refractivity contribution in [3.8, 4) is 12.3 Å². The fourth-order valence-corrected chi connectivity index (χ4v) is 3.79. The summed E-state index contributed by atoms with van der Waals surface area (Å²) in [5, 5.41) is 16.3. The van der Waals surface area contributed by atoms with Crippen LogP contribution in [0, 0.1) is 11.8 Å². The first-order valence-corrected chi connectivity index (χ1v) is 9.11. The monoisotopic (exact) mass is 369 g/mol. The number of fused-ring (bicyclic) bond motifs is 1. The summed E-state index contributed by atoms with van der Waals surface area (Å²) in [7, 11) is 1.62. The molecule has 0 atom stereocenters. The van der Waals surface area contributed by atoms with Gasteiger partial charge in [0.1, 0.15) is 5.56 Å². The molecule has 1 aliphatic heterocycles. The maximum absolute atomic E-state index is 12.7. The second kappa shape index (κ2) is 7.70. The third-order valence-corrected chi connectivity index (χ3v) is 5.20. The Labute approximate surface area is 157 Å². The zero-order valence-electron chi connectivity index (χ0n) is 15.4. The number of aromatic carboxylic acids is 1. The van der Waals surface area contributed by atoms with Gasteiger partial charge in [-0.05, 0) is 44.2 Å². The number of nitrogens with zero attached hydrogens (tertiary/aromatic N) is 3. The smallest absolute Gasteiger partial charge is 0.341 e. The first kappa shape index (κ1) is 18.8. The molecule has 2 aliphatic rings. The minimum absolute atomic E-state index is 0.174. The molecule has 27 heavy (non-hydrogen) atoms. The van der Waals surface area contributed by atoms with Gasteiger partial charge >= 0.3 is 5.97 Å². The summed E-state index contributed by atoms with van der Waals surface area (Å²) in [6, 6.07) is 3.90. The molecule has 0 unspecified atom stereocenters. The number of pyridine rings is 1. The van der Waals surface area contributed by atoms with Crippen LogP contribution in [-0.2, 0) is 0 Å². The lowest BCUT2D eigenvalue weighted by molar-refractivity contribution is 0.0695. The van der Waals surface area contributed by atoms with Crippen LogP contribution in [0.25, 0.3) is 10.9 Å². The lowest BCUT2D eigenvalue weighted by Gasteiger charge is -2.31. The van der Waals surface area contributed by atoms with Gasteiger partial charge in [0.15, 0.2) is 5.75 Å². The molecule has 1 aliphatic carbocycles. The summed E-state index contributed by atoms with van der Waals surface area (Å²) in [5.41, 5.74) is 1.10. The van der Waals surface area contributed by atoms with Crippen LogP contribution in [0.3, 0.4) is 0 Å². The summed E-state index contributed by atoms with van der Waals surface area (Å²) < 4.78 is 7.67. The number of aromatic nitrogens is 1. The Balaban J connectivity index is 0.00000102. The average molecular weight is 369 g/mol. The molecule has 7 heteroatoms. The number of ether oxygens (including phenoxy) is 1. The largest absolute Gasteiger partial charge is 0.492 e. The number of rotatable bonds is 4. The number of hydrogen-bond acceptors (Lipinski definition) is 5. The average Bonchev–Trinajstić information content (AvgIpc) is 3.54. The number of carbonyl (C=O) groups is 1. The molecular formula is C20H23N3O4. The van der Waals surface area contributed by atoms with Crippen molar-refractivity contribution in [1.29, 1.82) is 5.26 Å². The van der Waals surface area contributed by atoms with Crippen LogP contribution in [0.4, 0.5) is 5.69 Å². The van der Waals surface area contributed by atoms with E-state index >= 15 is 0 Å². The molecule has 2 fully saturated rings. The van der Waals surface area contributed by atoms with E-state index in [0.717, 1.165) is 50.0 Å². The molecule has 1 saturated carbocycles. The Morgan fingerprint density at radius 1 is 1.22 bits per heavy atom. The Hall–Kier alpha value is -3.01. The second-order valence-corrected chi connectivity index (χ2v) is 6.88. The van der Waals surface area contributed by atoms with E-state index < -0.39 is 11.4 Å². The van der Waals surface area contributed by atoms with Gasteiger partial charge in [-0.3, -0.25) is 4.79 Å². The third kappa shape index (κ3) is 3.35. The van der Waals surface area contributed by atoms with Crippen molar-refractivity contribution in [3.05, 3.63) is 34.1 Å². The summed E-state index contributed by atoms with van der Waals surface area (Å²) in [6.07, 6.45) is 7.01. The highest BCUT2D eigenvalue weighted by molar-refractivity contribution is 5.96. The Morgan fingerprint density at radius 2 is 1.89 bits per heavy atom. The van der Waals surface area contributed by atoms with Gasteiger partial charge in [0, 0.05) is 31.9 Å². The van der Waals surface area contributed by atoms with Gasteiger partial charge in [-0.15, -0.1) is 0 Å². The van der Waals surface area contributed by atoms with Crippen LogP contribution in [0.2, 0.25) is 0 Å². The third-order valence-electron chi connectivity index (χ3n) is 5.20. The lowest BCUT2D eigenvalue weighted by Crippen LogP contribution is -2.30. The summed E-state index contributed by atoms with van der Waals surface area (Å²) >= 11 is 0. The van der Waals surface area contributed by atoms with E-state index in [9.17, 15) is 14.7 Å². The van der Waals surface area contributed by atoms with Gasteiger partial charge < -0.3 is 19.3 Å². The summed E-state index contributed by atoms with van der Waals surface area (Å²) in [4.78, 5) is 26.4. The van der Waals surface area contributed by atoms with Gasteiger partial charge in [0.05, 0.1) is 23.7 Å². The number of carboxylic acid groups (broad SMARTS) is 1. The van der Waals surface area contributed by atoms with E-state index in [1.54, 1.807) is 13.2 Å². The van der Waals surface area contributed by atoms with Gasteiger partial charge in [-0.1, -0.05) is 0 Å². The number of carboxylic acids is 1. The quantitative estimate of drug-likeness (QED) is 0.889. The minimum Gasteiger partial charge on any atom is -0.492 e. The molecule has 0 spiro atoms. The molecule has 1 saturated heterocycles. The van der Waals surface area contributed by atoms with Gasteiger partial charge in [-0.25, -0.2) is 10.1 Å². The Bertz CT molecular complexity index is 938. The summed E-state index contributed by atoms with van der Waals surface area (Å²) in [6.45, 7) is 5.45. The predicted molar refractivity (Wildman–Crippen MR) is 103 cm³/mol. The maximum atomic E-state index is 12.7. The van der Waals surface area contributed by atoms with Crippen LogP contribution in [0.1, 0.15) is 48.5 Å². The van der Waals surface area contributed by atoms with E-state index in [1.165, 1.54) is 12.6 Å². The van der Waals surface area contributed by atoms with Crippen LogP contribution < -0.4 is 15.1 Å². The number of nitriles is 1. The van der Waals surface area contributed by atoms with Gasteiger partial charge in [0.2, 0.25) is 5.43 Å². The maximum Gasteiger partial charge on any atom is 0.341 e. The number of methoxy groups -OCH3 is 1. The molecule has 7 nitrogen and oxygen atoms in total. The van der Waals surface area contributed by atoms with Crippen LogP contribution in [0.5, 0.6) is 5.75 Å². The topological polar surface area (TPSA) is 95.6 Å². The highest BCUT2D eigenvalue weighted by atomic mass is 16.5. The Morgan fingerprint density at radius 3 is 2.44 bits per heavy atom. The number of piperidine rings is 1. The molecule has 0 radical (unpaired) electrons. The number of benzene rings is 1. The first-order chi connectivity index (χ1) is 13.1. The molecule has 1 aromatic heterocycles. The Kier molecular flexibility index (Phi) is 5.36. The normalized spacial score (nSPS) is 16.5. The minimum atomic E-state index is -1.18. The van der Waals surface area contributed by atoms with Crippen molar-refractivity contribution in [2.24, 2.45) is 0 Å². The predicted octanol–water partition coefficient (Wildman–Crippen LogP) is 3.17. The van der Waals surface area contributed by atoms with Crippen molar-refractivity contribution in [2.45, 2.75) is 38.1 Å². The van der Waals surface area contributed by atoms with Crippen molar-refractivity contribution >= 4 is 22.6 Å². The lowest BCUT2D eigenvalue weighted by atomic mass is 10.1. The van der Waals surface area contributed by atoms with Crippen molar-refractivity contribution in [1.82, 2.24) is 4.57 Å². The van der Waals surface area contributed by atoms with Crippen molar-refractivity contribution in [3.63, 3.8) is 0 Å². The molecule has 1 N–H and O–H groups in total. The molecule has 4 rings (SSSR count). The molecule has 2 heterocycles. The van der Waals surface area contributed by atoms with Gasteiger partial charge in [-0.2, -0.15) is 0 Å². The van der Waals surface area contributed by atoms with E-state index in [1.807, 2.05) is 10.6 Å². The number of anilines is 1. The SMILES string of the molecule is C#N.COc1c(N2CCCCC2)ccc2c(=O)c(C(=O)O)cn(C3CC3)c12. The molecule has 0 amide bonds. The number of hydrogen-bond donors (Lipinski definition) is 1. The molecule has 0 bridgehead atoms. The van der Waals surface area contributed by atoms with Crippen LogP contribution in [0.15, 0.2) is 23.1 Å². The van der Waals surface area contributed by atoms with E-state index in [2.05, 4.69) is 11.5 Å². The standard InChI is InChI=1S/C19H22N2O4.CHN/c1-25-18-15(20-9-3-2-4-10-20)8-7-13-16(18)21(12-5-6-12)11-14(17(13)22)19(23)24;1-2/h7-8,11-12H,2-6,9-10H2,1H3,(H,23,24);1H.